The minimum atomic E-state index is -0.557. The Morgan fingerprint density at radius 2 is 2.11 bits per heavy atom. The average Bonchev–Trinajstić information content (AvgIpc) is 3.05. The van der Waals surface area contributed by atoms with Crippen molar-refractivity contribution in [3.05, 3.63) is 20.8 Å². The first-order chi connectivity index (χ1) is 8.74. The predicted molar refractivity (Wildman–Crippen MR) is 66.9 cm³/mol. The highest BCUT2D eigenvalue weighted by Crippen LogP contribution is 2.29. The van der Waals surface area contributed by atoms with E-state index in [1.54, 1.807) is 0 Å². The molecule has 98 valence electrons. The van der Waals surface area contributed by atoms with Gasteiger partial charge in [-0.1, -0.05) is 0 Å². The van der Waals surface area contributed by atoms with E-state index < -0.39 is 11.2 Å². The molecule has 1 aliphatic carbocycles. The van der Waals surface area contributed by atoms with Crippen LogP contribution < -0.4 is 21.5 Å². The van der Waals surface area contributed by atoms with Gasteiger partial charge in [-0.3, -0.25) is 9.78 Å². The number of anilines is 1. The minimum absolute atomic E-state index is 0.339. The van der Waals surface area contributed by atoms with E-state index in [9.17, 15) is 9.59 Å². The van der Waals surface area contributed by atoms with Gasteiger partial charge in [0.15, 0.2) is 0 Å². The summed E-state index contributed by atoms with van der Waals surface area (Å²) in [6, 6.07) is 0.811. The lowest BCUT2D eigenvalue weighted by Crippen LogP contribution is -2.43. The standard InChI is InChI=1S/C11H17N5O2/c17-10-9(14-15-11(18)13-10)16(8-3-4-8)6-7-2-1-5-12-7/h7-8,12H,1-6H2,(H2,13,15,17,18). The van der Waals surface area contributed by atoms with Gasteiger partial charge < -0.3 is 10.2 Å². The molecule has 7 heteroatoms. The highest BCUT2D eigenvalue weighted by Gasteiger charge is 2.33. The molecule has 2 aliphatic rings. The van der Waals surface area contributed by atoms with E-state index >= 15 is 0 Å². The van der Waals surface area contributed by atoms with E-state index in [1.165, 1.54) is 6.42 Å². The molecule has 1 aliphatic heterocycles. The summed E-state index contributed by atoms with van der Waals surface area (Å²) in [7, 11) is 0. The van der Waals surface area contributed by atoms with E-state index in [0.29, 0.717) is 17.9 Å². The van der Waals surface area contributed by atoms with Gasteiger partial charge in [0, 0.05) is 18.6 Å². The summed E-state index contributed by atoms with van der Waals surface area (Å²) in [6.45, 7) is 1.82. The van der Waals surface area contributed by atoms with Crippen molar-refractivity contribution in [2.75, 3.05) is 18.0 Å². The quantitative estimate of drug-likeness (QED) is 0.650. The zero-order valence-electron chi connectivity index (χ0n) is 10.1. The van der Waals surface area contributed by atoms with Gasteiger partial charge in [0.25, 0.3) is 5.56 Å². The lowest BCUT2D eigenvalue weighted by atomic mass is 10.2. The molecular weight excluding hydrogens is 234 g/mol. The Morgan fingerprint density at radius 1 is 1.28 bits per heavy atom. The Balaban J connectivity index is 1.84. The molecule has 18 heavy (non-hydrogen) atoms. The van der Waals surface area contributed by atoms with Gasteiger partial charge in [0.2, 0.25) is 5.82 Å². The van der Waals surface area contributed by atoms with E-state index in [-0.39, 0.29) is 0 Å². The highest BCUT2D eigenvalue weighted by atomic mass is 16.2. The maximum atomic E-state index is 11.8. The van der Waals surface area contributed by atoms with Crippen LogP contribution in [0.5, 0.6) is 0 Å². The molecule has 0 aromatic carbocycles. The third-order valence-corrected chi connectivity index (χ3v) is 3.53. The van der Waals surface area contributed by atoms with Crippen LogP contribution in [0.4, 0.5) is 5.82 Å². The molecule has 2 heterocycles. The van der Waals surface area contributed by atoms with Gasteiger partial charge in [-0.15, -0.1) is 5.10 Å². The van der Waals surface area contributed by atoms with Crippen molar-refractivity contribution >= 4 is 5.82 Å². The summed E-state index contributed by atoms with van der Waals surface area (Å²) in [5, 5.41) is 9.62. The number of rotatable bonds is 4. The van der Waals surface area contributed by atoms with Gasteiger partial charge in [-0.25, -0.2) is 9.89 Å². The lowest BCUT2D eigenvalue weighted by molar-refractivity contribution is 0.571. The van der Waals surface area contributed by atoms with Crippen LogP contribution in [0.1, 0.15) is 25.7 Å². The fourth-order valence-electron chi connectivity index (χ4n) is 2.48. The summed E-state index contributed by atoms with van der Waals surface area (Å²) in [5.41, 5.74) is -0.956. The van der Waals surface area contributed by atoms with Gasteiger partial charge in [0.05, 0.1) is 0 Å². The summed E-state index contributed by atoms with van der Waals surface area (Å²) >= 11 is 0. The third-order valence-electron chi connectivity index (χ3n) is 3.53. The summed E-state index contributed by atoms with van der Waals surface area (Å²) < 4.78 is 0. The third kappa shape index (κ3) is 2.31. The van der Waals surface area contributed by atoms with E-state index in [2.05, 4.69) is 20.5 Å². The van der Waals surface area contributed by atoms with Crippen LogP contribution in [-0.4, -0.2) is 40.4 Å². The molecule has 1 aromatic rings. The topological polar surface area (TPSA) is 93.9 Å². The first kappa shape index (κ1) is 11.5. The minimum Gasteiger partial charge on any atom is -0.346 e. The Labute approximate surface area is 104 Å². The summed E-state index contributed by atoms with van der Waals surface area (Å²) in [4.78, 5) is 27.0. The Hall–Kier alpha value is -1.63. The second kappa shape index (κ2) is 4.56. The number of aromatic nitrogens is 3. The van der Waals surface area contributed by atoms with Crippen LogP contribution in [0.25, 0.3) is 0 Å². The van der Waals surface area contributed by atoms with Crippen molar-refractivity contribution < 1.29 is 0 Å². The van der Waals surface area contributed by atoms with Gasteiger partial charge in [-0.2, -0.15) is 0 Å². The molecule has 1 saturated carbocycles. The van der Waals surface area contributed by atoms with E-state index in [4.69, 9.17) is 0 Å². The molecule has 1 unspecified atom stereocenters. The van der Waals surface area contributed by atoms with Crippen molar-refractivity contribution in [3.63, 3.8) is 0 Å². The average molecular weight is 251 g/mol. The van der Waals surface area contributed by atoms with Gasteiger partial charge in [-0.05, 0) is 32.2 Å². The van der Waals surface area contributed by atoms with Gasteiger partial charge in [0.1, 0.15) is 0 Å². The van der Waals surface area contributed by atoms with Crippen LogP contribution in [-0.2, 0) is 0 Å². The fraction of sp³-hybridized carbons (Fsp3) is 0.727. The van der Waals surface area contributed by atoms with Crippen LogP contribution in [0.3, 0.4) is 0 Å². The van der Waals surface area contributed by atoms with Crippen LogP contribution in [0.2, 0.25) is 0 Å². The van der Waals surface area contributed by atoms with Crippen LogP contribution in [0.15, 0.2) is 9.59 Å². The maximum absolute atomic E-state index is 11.8. The SMILES string of the molecule is O=c1[nH]nc(N(CC2CCCN2)C2CC2)c(=O)[nH]1. The molecule has 1 atom stereocenters. The largest absolute Gasteiger partial charge is 0.346 e. The lowest BCUT2D eigenvalue weighted by Gasteiger charge is -2.25. The van der Waals surface area contributed by atoms with E-state index in [1.807, 2.05) is 4.90 Å². The zero-order valence-corrected chi connectivity index (χ0v) is 10.1. The fourth-order valence-corrected chi connectivity index (χ4v) is 2.48. The molecule has 0 spiro atoms. The van der Waals surface area contributed by atoms with Crippen molar-refractivity contribution in [1.82, 2.24) is 20.5 Å². The highest BCUT2D eigenvalue weighted by molar-refractivity contribution is 5.38. The van der Waals surface area contributed by atoms with Crippen molar-refractivity contribution in [3.8, 4) is 0 Å². The molecule has 1 aromatic heterocycles. The molecule has 7 nitrogen and oxygen atoms in total. The van der Waals surface area contributed by atoms with Crippen molar-refractivity contribution in [1.29, 1.82) is 0 Å². The number of nitrogens with one attached hydrogen (secondary N) is 3. The Bertz CT molecular complexity index is 527. The van der Waals surface area contributed by atoms with Gasteiger partial charge >= 0.3 is 5.69 Å². The number of aromatic amines is 2. The van der Waals surface area contributed by atoms with E-state index in [0.717, 1.165) is 32.4 Å². The smallest absolute Gasteiger partial charge is 0.342 e. The molecule has 0 radical (unpaired) electrons. The molecular formula is C11H17N5O2. The summed E-state index contributed by atoms with van der Waals surface area (Å²) in [6.07, 6.45) is 4.49. The first-order valence-electron chi connectivity index (χ1n) is 6.43. The second-order valence-corrected chi connectivity index (χ2v) is 5.01. The molecule has 3 rings (SSSR count). The maximum Gasteiger partial charge on any atom is 0.342 e. The number of hydrogen-bond acceptors (Lipinski definition) is 5. The van der Waals surface area contributed by atoms with Crippen LogP contribution >= 0.6 is 0 Å². The zero-order chi connectivity index (χ0) is 12.5. The molecule has 0 bridgehead atoms. The Morgan fingerprint density at radius 3 is 2.72 bits per heavy atom. The molecule has 0 amide bonds. The summed E-state index contributed by atoms with van der Waals surface area (Å²) in [5.74, 6) is 0.339. The number of H-pyrrole nitrogens is 2. The van der Waals surface area contributed by atoms with Crippen molar-refractivity contribution in [2.45, 2.75) is 37.8 Å². The molecule has 2 fully saturated rings. The Kier molecular flexibility index (Phi) is 2.91. The van der Waals surface area contributed by atoms with Crippen molar-refractivity contribution in [2.24, 2.45) is 0 Å². The normalized spacial score (nSPS) is 23.2. The van der Waals surface area contributed by atoms with Crippen LogP contribution in [0, 0.1) is 0 Å². The first-order valence-corrected chi connectivity index (χ1v) is 6.43. The second-order valence-electron chi connectivity index (χ2n) is 5.01. The monoisotopic (exact) mass is 251 g/mol. The predicted octanol–water partition coefficient (Wildman–Crippen LogP) is -0.821. The molecule has 1 saturated heterocycles. The number of hydrogen-bond donors (Lipinski definition) is 3. The number of nitrogens with zero attached hydrogens (tertiary/aromatic N) is 2. The molecule has 3 N–H and O–H groups in total.